The number of aryl methyl sites for hydroxylation is 1. The normalized spacial score (nSPS) is 13.8. The number of thioether (sulfide) groups is 1. The Morgan fingerprint density at radius 2 is 2.30 bits per heavy atom. The fraction of sp³-hybridized carbons (Fsp3) is 0.643. The molecule has 0 aromatic carbocycles. The summed E-state index contributed by atoms with van der Waals surface area (Å²) in [5.41, 5.74) is 0.354. The Kier molecular flexibility index (Phi) is 6.95. The molecule has 1 aromatic heterocycles. The molecule has 1 aromatic rings. The van der Waals surface area contributed by atoms with Crippen LogP contribution in [0.15, 0.2) is 17.4 Å². The van der Waals surface area contributed by atoms with Crippen LogP contribution in [0.25, 0.3) is 0 Å². The third kappa shape index (κ3) is 5.09. The monoisotopic (exact) mass is 297 g/mol. The van der Waals surface area contributed by atoms with E-state index >= 15 is 0 Å². The summed E-state index contributed by atoms with van der Waals surface area (Å²) in [6.45, 7) is 6.55. The first-order chi connectivity index (χ1) is 9.51. The number of likely N-dealkylation sites (N-methyl/N-ethyl adjacent to an activating group) is 1. The number of nitrogens with one attached hydrogen (secondary N) is 1. The van der Waals surface area contributed by atoms with Gasteiger partial charge in [-0.2, -0.15) is 0 Å². The molecule has 1 unspecified atom stereocenters. The number of esters is 1. The van der Waals surface area contributed by atoms with Crippen LogP contribution >= 0.6 is 11.8 Å². The molecule has 0 aliphatic rings. The van der Waals surface area contributed by atoms with Crippen LogP contribution in [0, 0.1) is 6.92 Å². The zero-order chi connectivity index (χ0) is 15.0. The lowest BCUT2D eigenvalue weighted by atomic mass is 9.96. The molecule has 0 saturated heterocycles. The highest BCUT2D eigenvalue weighted by Gasteiger charge is 2.32. The molecule has 1 rings (SSSR count). The average molecular weight is 297 g/mol. The van der Waals surface area contributed by atoms with E-state index < -0.39 is 5.54 Å². The third-order valence-corrected chi connectivity index (χ3v) is 3.98. The lowest BCUT2D eigenvalue weighted by Crippen LogP contribution is -2.50. The van der Waals surface area contributed by atoms with Crippen molar-refractivity contribution < 1.29 is 9.53 Å². The van der Waals surface area contributed by atoms with E-state index in [0.717, 1.165) is 36.0 Å². The molecule has 0 aliphatic heterocycles. The predicted octanol–water partition coefficient (Wildman–Crippen LogP) is 2.20. The molecular weight excluding hydrogens is 274 g/mol. The average Bonchev–Trinajstić information content (AvgIpc) is 2.43. The van der Waals surface area contributed by atoms with Gasteiger partial charge in [-0.15, -0.1) is 0 Å². The minimum atomic E-state index is -0.614. The molecule has 0 amide bonds. The molecule has 5 nitrogen and oxygen atoms in total. The molecule has 20 heavy (non-hydrogen) atoms. The van der Waals surface area contributed by atoms with E-state index in [0.29, 0.717) is 0 Å². The van der Waals surface area contributed by atoms with Gasteiger partial charge in [-0.05, 0) is 39.3 Å². The Bertz CT molecular complexity index is 442. The summed E-state index contributed by atoms with van der Waals surface area (Å²) in [7, 11) is 1.42. The van der Waals surface area contributed by atoms with Gasteiger partial charge in [0.15, 0.2) is 5.16 Å². The third-order valence-electron chi connectivity index (χ3n) is 3.03. The van der Waals surface area contributed by atoms with Gasteiger partial charge in [-0.3, -0.25) is 4.79 Å². The van der Waals surface area contributed by atoms with E-state index in [9.17, 15) is 4.79 Å². The number of nitrogens with zero attached hydrogens (tertiary/aromatic N) is 2. The molecule has 0 fully saturated rings. The first kappa shape index (κ1) is 16.9. The lowest BCUT2D eigenvalue weighted by Gasteiger charge is -2.27. The number of carbonyl (C=O) groups is 1. The number of hydrogen-bond acceptors (Lipinski definition) is 6. The molecule has 0 saturated carbocycles. The van der Waals surface area contributed by atoms with Crippen LogP contribution in [0.4, 0.5) is 0 Å². The quantitative estimate of drug-likeness (QED) is 0.343. The van der Waals surface area contributed by atoms with Gasteiger partial charge in [0.1, 0.15) is 5.54 Å². The van der Waals surface area contributed by atoms with E-state index in [-0.39, 0.29) is 5.97 Å². The summed E-state index contributed by atoms with van der Waals surface area (Å²) in [6.07, 6.45) is 3.38. The summed E-state index contributed by atoms with van der Waals surface area (Å²) in [5, 5.41) is 3.99. The van der Waals surface area contributed by atoms with E-state index in [1.165, 1.54) is 7.11 Å². The van der Waals surface area contributed by atoms with Gasteiger partial charge >= 0.3 is 5.97 Å². The number of aromatic nitrogens is 2. The maximum atomic E-state index is 11.8. The van der Waals surface area contributed by atoms with Gasteiger partial charge in [-0.1, -0.05) is 18.7 Å². The molecule has 1 atom stereocenters. The van der Waals surface area contributed by atoms with Crippen LogP contribution in [-0.4, -0.2) is 40.9 Å². The second-order valence-corrected chi connectivity index (χ2v) is 5.85. The number of carbonyl (C=O) groups excluding carboxylic acids is 1. The van der Waals surface area contributed by atoms with Crippen LogP contribution in [-0.2, 0) is 9.53 Å². The molecule has 0 spiro atoms. The standard InChI is InChI=1S/C14H23N3O2S/c1-5-16-14(3,12(18)19-4)8-6-10-20-13-15-9-7-11(2)17-13/h7,9,16H,5-6,8,10H2,1-4H3. The van der Waals surface area contributed by atoms with Crippen LogP contribution in [0.5, 0.6) is 0 Å². The van der Waals surface area contributed by atoms with Crippen molar-refractivity contribution in [2.75, 3.05) is 19.4 Å². The van der Waals surface area contributed by atoms with Gasteiger partial charge in [0.25, 0.3) is 0 Å². The molecule has 0 aliphatic carbocycles. The highest BCUT2D eigenvalue weighted by molar-refractivity contribution is 7.99. The topological polar surface area (TPSA) is 64.1 Å². The minimum absolute atomic E-state index is 0.212. The first-order valence-electron chi connectivity index (χ1n) is 6.77. The summed E-state index contributed by atoms with van der Waals surface area (Å²) < 4.78 is 4.87. The minimum Gasteiger partial charge on any atom is -0.468 e. The zero-order valence-corrected chi connectivity index (χ0v) is 13.4. The number of methoxy groups -OCH3 is 1. The highest BCUT2D eigenvalue weighted by atomic mass is 32.2. The van der Waals surface area contributed by atoms with E-state index in [1.807, 2.05) is 26.8 Å². The van der Waals surface area contributed by atoms with Crippen molar-refractivity contribution in [1.29, 1.82) is 0 Å². The Balaban J connectivity index is 2.43. The van der Waals surface area contributed by atoms with Crippen molar-refractivity contribution in [2.24, 2.45) is 0 Å². The Labute approximate surface area is 124 Å². The maximum absolute atomic E-state index is 11.8. The summed E-state index contributed by atoms with van der Waals surface area (Å²) in [6, 6.07) is 1.88. The Hall–Kier alpha value is -1.14. The van der Waals surface area contributed by atoms with Crippen molar-refractivity contribution in [3.8, 4) is 0 Å². The molecule has 0 radical (unpaired) electrons. The van der Waals surface area contributed by atoms with Crippen molar-refractivity contribution >= 4 is 17.7 Å². The van der Waals surface area contributed by atoms with Crippen molar-refractivity contribution in [1.82, 2.24) is 15.3 Å². The highest BCUT2D eigenvalue weighted by Crippen LogP contribution is 2.19. The van der Waals surface area contributed by atoms with Crippen LogP contribution in [0.1, 0.15) is 32.4 Å². The number of ether oxygens (including phenoxy) is 1. The maximum Gasteiger partial charge on any atom is 0.325 e. The van der Waals surface area contributed by atoms with Gasteiger partial charge in [0, 0.05) is 17.6 Å². The molecular formula is C14H23N3O2S. The molecule has 112 valence electrons. The van der Waals surface area contributed by atoms with Gasteiger partial charge in [0.05, 0.1) is 7.11 Å². The van der Waals surface area contributed by atoms with E-state index in [1.54, 1.807) is 18.0 Å². The second kappa shape index (κ2) is 8.21. The van der Waals surface area contributed by atoms with E-state index in [4.69, 9.17) is 4.74 Å². The predicted molar refractivity (Wildman–Crippen MR) is 80.8 cm³/mol. The number of rotatable bonds is 8. The number of hydrogen-bond donors (Lipinski definition) is 1. The summed E-state index contributed by atoms with van der Waals surface area (Å²) in [5.74, 6) is 0.665. The smallest absolute Gasteiger partial charge is 0.325 e. The van der Waals surface area contributed by atoms with Crippen molar-refractivity contribution in [2.45, 2.75) is 44.3 Å². The van der Waals surface area contributed by atoms with E-state index in [2.05, 4.69) is 15.3 Å². The van der Waals surface area contributed by atoms with Crippen molar-refractivity contribution in [3.63, 3.8) is 0 Å². The lowest BCUT2D eigenvalue weighted by molar-refractivity contribution is -0.148. The SMILES string of the molecule is CCNC(C)(CCCSc1nccc(C)n1)C(=O)OC. The fourth-order valence-electron chi connectivity index (χ4n) is 1.96. The fourth-order valence-corrected chi connectivity index (χ4v) is 2.78. The summed E-state index contributed by atoms with van der Waals surface area (Å²) >= 11 is 1.61. The largest absolute Gasteiger partial charge is 0.468 e. The van der Waals surface area contributed by atoms with Crippen molar-refractivity contribution in [3.05, 3.63) is 18.0 Å². The molecule has 1 heterocycles. The van der Waals surface area contributed by atoms with Gasteiger partial charge in [-0.25, -0.2) is 9.97 Å². The van der Waals surface area contributed by atoms with Crippen LogP contribution < -0.4 is 5.32 Å². The summed E-state index contributed by atoms with van der Waals surface area (Å²) in [4.78, 5) is 20.4. The Morgan fingerprint density at radius 3 is 2.90 bits per heavy atom. The first-order valence-corrected chi connectivity index (χ1v) is 7.76. The van der Waals surface area contributed by atoms with Crippen LogP contribution in [0.2, 0.25) is 0 Å². The van der Waals surface area contributed by atoms with Gasteiger partial charge in [0.2, 0.25) is 0 Å². The zero-order valence-electron chi connectivity index (χ0n) is 12.6. The molecule has 0 bridgehead atoms. The van der Waals surface area contributed by atoms with Gasteiger partial charge < -0.3 is 10.1 Å². The molecule has 1 N–H and O–H groups in total. The van der Waals surface area contributed by atoms with Crippen LogP contribution in [0.3, 0.4) is 0 Å². The Morgan fingerprint density at radius 1 is 1.55 bits per heavy atom. The molecule has 6 heteroatoms. The second-order valence-electron chi connectivity index (χ2n) is 4.79.